The van der Waals surface area contributed by atoms with Crippen LogP contribution in [0, 0.1) is 0 Å². The number of nitrogens with zero attached hydrogens (tertiary/aromatic N) is 1. The van der Waals surface area contributed by atoms with Gasteiger partial charge in [-0.3, -0.25) is 4.79 Å². The van der Waals surface area contributed by atoms with Gasteiger partial charge < -0.3 is 15.5 Å². The molecule has 0 bridgehead atoms. The van der Waals surface area contributed by atoms with Gasteiger partial charge in [-0.25, -0.2) is 0 Å². The van der Waals surface area contributed by atoms with Gasteiger partial charge in [-0.15, -0.1) is 0 Å². The number of carbonyl (C=O) groups excluding carboxylic acids is 1. The first-order chi connectivity index (χ1) is 7.31. The summed E-state index contributed by atoms with van der Waals surface area (Å²) in [5.41, 5.74) is 2.01. The van der Waals surface area contributed by atoms with Crippen LogP contribution < -0.4 is 15.5 Å². The van der Waals surface area contributed by atoms with Gasteiger partial charge in [0.1, 0.15) is 0 Å². The number of benzene rings is 1. The molecule has 0 unspecified atom stereocenters. The number of amides is 1. The Bertz CT molecular complexity index is 365. The minimum absolute atomic E-state index is 0.0600. The van der Waals surface area contributed by atoms with Crippen LogP contribution >= 0.6 is 0 Å². The highest BCUT2D eigenvalue weighted by Crippen LogP contribution is 2.28. The number of para-hydroxylation sites is 2. The van der Waals surface area contributed by atoms with Crippen LogP contribution in [0.5, 0.6) is 0 Å². The van der Waals surface area contributed by atoms with Gasteiger partial charge >= 0.3 is 0 Å². The van der Waals surface area contributed by atoms with Crippen molar-refractivity contribution in [2.45, 2.75) is 0 Å². The lowest BCUT2D eigenvalue weighted by Gasteiger charge is -2.30. The van der Waals surface area contributed by atoms with Crippen molar-refractivity contribution in [2.75, 3.05) is 36.9 Å². The van der Waals surface area contributed by atoms with Gasteiger partial charge in [0.15, 0.2) is 0 Å². The van der Waals surface area contributed by atoms with E-state index in [1.54, 1.807) is 0 Å². The summed E-state index contributed by atoms with van der Waals surface area (Å²) in [4.78, 5) is 13.5. The van der Waals surface area contributed by atoms with Crippen molar-refractivity contribution >= 4 is 17.3 Å². The molecule has 0 spiro atoms. The van der Waals surface area contributed by atoms with Crippen molar-refractivity contribution in [3.63, 3.8) is 0 Å². The standard InChI is InChI=1S/C11H15N3O/c1-12-6-7-14-8-11(15)13-9-4-2-3-5-10(9)14/h2-5,12H,6-8H2,1H3,(H,13,15). The Balaban J connectivity index is 2.22. The molecule has 4 nitrogen and oxygen atoms in total. The molecular weight excluding hydrogens is 190 g/mol. The zero-order chi connectivity index (χ0) is 10.7. The molecular formula is C11H15N3O. The van der Waals surface area contributed by atoms with E-state index in [1.165, 1.54) is 0 Å². The normalized spacial score (nSPS) is 14.7. The first kappa shape index (κ1) is 9.98. The molecule has 1 aromatic rings. The molecule has 1 aromatic carbocycles. The van der Waals surface area contributed by atoms with Gasteiger partial charge in [-0.1, -0.05) is 12.1 Å². The Morgan fingerprint density at radius 2 is 2.27 bits per heavy atom. The van der Waals surface area contributed by atoms with Crippen LogP contribution in [-0.2, 0) is 4.79 Å². The van der Waals surface area contributed by atoms with Crippen molar-refractivity contribution in [3.8, 4) is 0 Å². The predicted molar refractivity (Wildman–Crippen MR) is 61.2 cm³/mol. The maximum Gasteiger partial charge on any atom is 0.243 e. The average molecular weight is 205 g/mol. The van der Waals surface area contributed by atoms with Gasteiger partial charge in [0, 0.05) is 13.1 Å². The van der Waals surface area contributed by atoms with E-state index in [0.717, 1.165) is 24.5 Å². The smallest absolute Gasteiger partial charge is 0.243 e. The van der Waals surface area contributed by atoms with E-state index in [-0.39, 0.29) is 5.91 Å². The zero-order valence-electron chi connectivity index (χ0n) is 8.79. The van der Waals surface area contributed by atoms with Gasteiger partial charge in [0.05, 0.1) is 17.9 Å². The van der Waals surface area contributed by atoms with Crippen LogP contribution in [0.2, 0.25) is 0 Å². The van der Waals surface area contributed by atoms with E-state index in [1.807, 2.05) is 31.3 Å². The molecule has 0 radical (unpaired) electrons. The van der Waals surface area contributed by atoms with Crippen molar-refractivity contribution in [2.24, 2.45) is 0 Å². The largest absolute Gasteiger partial charge is 0.359 e. The molecule has 0 aromatic heterocycles. The second-order valence-corrected chi connectivity index (χ2v) is 3.59. The number of carbonyl (C=O) groups is 1. The van der Waals surface area contributed by atoms with E-state index in [9.17, 15) is 4.79 Å². The van der Waals surface area contributed by atoms with Gasteiger partial charge in [-0.2, -0.15) is 0 Å². The minimum Gasteiger partial charge on any atom is -0.359 e. The number of anilines is 2. The summed E-state index contributed by atoms with van der Waals surface area (Å²) in [6, 6.07) is 7.88. The molecule has 1 aliphatic rings. The molecule has 1 aliphatic heterocycles. The van der Waals surface area contributed by atoms with Crippen LogP contribution in [0.25, 0.3) is 0 Å². The van der Waals surface area contributed by atoms with E-state index in [0.29, 0.717) is 6.54 Å². The van der Waals surface area contributed by atoms with Crippen molar-refractivity contribution in [1.29, 1.82) is 0 Å². The summed E-state index contributed by atoms with van der Waals surface area (Å²) in [7, 11) is 1.91. The predicted octanol–water partition coefficient (Wildman–Crippen LogP) is 0.664. The number of hydrogen-bond donors (Lipinski definition) is 2. The van der Waals surface area contributed by atoms with E-state index in [2.05, 4.69) is 15.5 Å². The molecule has 0 atom stereocenters. The van der Waals surface area contributed by atoms with E-state index in [4.69, 9.17) is 0 Å². The Morgan fingerprint density at radius 1 is 1.47 bits per heavy atom. The first-order valence-electron chi connectivity index (χ1n) is 5.09. The number of nitrogens with one attached hydrogen (secondary N) is 2. The lowest BCUT2D eigenvalue weighted by atomic mass is 10.2. The Morgan fingerprint density at radius 3 is 3.07 bits per heavy atom. The van der Waals surface area contributed by atoms with E-state index >= 15 is 0 Å². The van der Waals surface area contributed by atoms with Crippen molar-refractivity contribution < 1.29 is 4.79 Å². The monoisotopic (exact) mass is 205 g/mol. The lowest BCUT2D eigenvalue weighted by molar-refractivity contribution is -0.115. The van der Waals surface area contributed by atoms with Gasteiger partial charge in [0.2, 0.25) is 5.91 Å². The summed E-state index contributed by atoms with van der Waals surface area (Å²) in [5, 5.41) is 5.95. The fourth-order valence-electron chi connectivity index (χ4n) is 1.75. The summed E-state index contributed by atoms with van der Waals surface area (Å²) in [5.74, 6) is 0.0600. The summed E-state index contributed by atoms with van der Waals surface area (Å²) in [6.45, 7) is 2.17. The van der Waals surface area contributed by atoms with E-state index < -0.39 is 0 Å². The molecule has 4 heteroatoms. The van der Waals surface area contributed by atoms with Gasteiger partial charge in [0.25, 0.3) is 0 Å². The van der Waals surface area contributed by atoms with Gasteiger partial charge in [-0.05, 0) is 19.2 Å². The SMILES string of the molecule is CNCCN1CC(=O)Nc2ccccc21. The summed E-state index contributed by atoms with van der Waals surface area (Å²) >= 11 is 0. The molecule has 1 amide bonds. The summed E-state index contributed by atoms with van der Waals surface area (Å²) < 4.78 is 0. The van der Waals surface area contributed by atoms with Crippen molar-refractivity contribution in [3.05, 3.63) is 24.3 Å². The quantitative estimate of drug-likeness (QED) is 0.762. The van der Waals surface area contributed by atoms with Crippen LogP contribution in [0.1, 0.15) is 0 Å². The molecule has 80 valence electrons. The molecule has 0 saturated heterocycles. The second kappa shape index (κ2) is 4.31. The third-order valence-corrected chi connectivity index (χ3v) is 2.49. The molecule has 2 N–H and O–H groups in total. The molecule has 1 heterocycles. The fraction of sp³-hybridized carbons (Fsp3) is 0.364. The maximum atomic E-state index is 11.4. The molecule has 15 heavy (non-hydrogen) atoms. The highest BCUT2D eigenvalue weighted by molar-refractivity contribution is 6.01. The van der Waals surface area contributed by atoms with Crippen LogP contribution in [-0.4, -0.2) is 32.6 Å². The third-order valence-electron chi connectivity index (χ3n) is 2.49. The Labute approximate surface area is 89.3 Å². The second-order valence-electron chi connectivity index (χ2n) is 3.59. The number of fused-ring (bicyclic) bond motifs is 1. The number of rotatable bonds is 3. The first-order valence-corrected chi connectivity index (χ1v) is 5.09. The lowest BCUT2D eigenvalue weighted by Crippen LogP contribution is -2.41. The van der Waals surface area contributed by atoms with Crippen LogP contribution in [0.15, 0.2) is 24.3 Å². The molecule has 2 rings (SSSR count). The Hall–Kier alpha value is -1.55. The highest BCUT2D eigenvalue weighted by Gasteiger charge is 2.20. The highest BCUT2D eigenvalue weighted by atomic mass is 16.2. The molecule has 0 fully saturated rings. The summed E-state index contributed by atoms with van der Waals surface area (Å²) in [6.07, 6.45) is 0. The van der Waals surface area contributed by atoms with Crippen LogP contribution in [0.4, 0.5) is 11.4 Å². The number of hydrogen-bond acceptors (Lipinski definition) is 3. The number of likely N-dealkylation sites (N-methyl/N-ethyl adjacent to an activating group) is 1. The molecule has 0 saturated carbocycles. The van der Waals surface area contributed by atoms with Crippen molar-refractivity contribution in [1.82, 2.24) is 5.32 Å². The fourth-order valence-corrected chi connectivity index (χ4v) is 1.75. The Kier molecular flexibility index (Phi) is 2.87. The zero-order valence-corrected chi connectivity index (χ0v) is 8.79. The molecule has 0 aliphatic carbocycles. The maximum absolute atomic E-state index is 11.4. The third kappa shape index (κ3) is 2.10. The topological polar surface area (TPSA) is 44.4 Å². The average Bonchev–Trinajstić information content (AvgIpc) is 2.25. The van der Waals surface area contributed by atoms with Crippen LogP contribution in [0.3, 0.4) is 0 Å². The minimum atomic E-state index is 0.0600.